The van der Waals surface area contributed by atoms with Gasteiger partial charge in [0.05, 0.1) is 24.9 Å². The molecule has 200 valence electrons. The molecule has 0 aromatic heterocycles. The summed E-state index contributed by atoms with van der Waals surface area (Å²) in [6, 6.07) is 0. The van der Waals surface area contributed by atoms with Crippen LogP contribution < -0.4 is 0 Å². The van der Waals surface area contributed by atoms with E-state index in [1.807, 2.05) is 6.92 Å². The zero-order valence-electron chi connectivity index (χ0n) is 21.9. The van der Waals surface area contributed by atoms with E-state index in [9.17, 15) is 20.4 Å². The molecule has 7 nitrogen and oxygen atoms in total. The van der Waals surface area contributed by atoms with E-state index in [1.54, 1.807) is 6.92 Å². The van der Waals surface area contributed by atoms with E-state index in [4.69, 9.17) is 14.2 Å². The topological polar surface area (TPSA) is 109 Å². The maximum absolute atomic E-state index is 11.7. The molecule has 0 radical (unpaired) electrons. The highest BCUT2D eigenvalue weighted by atomic mass is 16.8. The third-order valence-electron chi connectivity index (χ3n) is 12.2. The van der Waals surface area contributed by atoms with E-state index in [0.29, 0.717) is 18.9 Å². The molecule has 3 heterocycles. The van der Waals surface area contributed by atoms with Gasteiger partial charge in [0.25, 0.3) is 0 Å². The van der Waals surface area contributed by atoms with Crippen molar-refractivity contribution in [3.8, 4) is 0 Å². The highest BCUT2D eigenvalue weighted by Gasteiger charge is 2.76. The fraction of sp³-hybridized carbons (Fsp3) is 0.862. The van der Waals surface area contributed by atoms with Crippen LogP contribution >= 0.6 is 0 Å². The molecule has 0 aromatic carbocycles. The van der Waals surface area contributed by atoms with Gasteiger partial charge >= 0.3 is 0 Å². The van der Waals surface area contributed by atoms with Crippen LogP contribution in [0, 0.1) is 40.4 Å². The van der Waals surface area contributed by atoms with Crippen LogP contribution in [0.4, 0.5) is 0 Å². The smallest absolute Gasteiger partial charge is 0.197 e. The van der Waals surface area contributed by atoms with Crippen LogP contribution in [0.2, 0.25) is 0 Å². The van der Waals surface area contributed by atoms with Gasteiger partial charge in [-0.3, -0.25) is 0 Å². The van der Waals surface area contributed by atoms with Crippen molar-refractivity contribution in [2.75, 3.05) is 6.61 Å². The van der Waals surface area contributed by atoms with Crippen molar-refractivity contribution in [2.24, 2.45) is 40.4 Å². The lowest BCUT2D eigenvalue weighted by Gasteiger charge is -2.53. The van der Waals surface area contributed by atoms with Gasteiger partial charge in [0.15, 0.2) is 17.7 Å². The van der Waals surface area contributed by atoms with E-state index >= 15 is 0 Å². The van der Waals surface area contributed by atoms with Gasteiger partial charge in [-0.15, -0.1) is 0 Å². The molecule has 0 aromatic rings. The molecule has 14 atom stereocenters. The summed E-state index contributed by atoms with van der Waals surface area (Å²) in [5.41, 5.74) is 1.28. The van der Waals surface area contributed by atoms with Crippen molar-refractivity contribution in [2.45, 2.75) is 108 Å². The minimum absolute atomic E-state index is 0.0755. The zero-order valence-corrected chi connectivity index (χ0v) is 21.9. The number of aliphatic hydroxyl groups is 4. The van der Waals surface area contributed by atoms with Gasteiger partial charge in [-0.1, -0.05) is 32.9 Å². The van der Waals surface area contributed by atoms with E-state index in [2.05, 4.69) is 26.0 Å². The van der Waals surface area contributed by atoms with Crippen LogP contribution in [0.25, 0.3) is 0 Å². The molecule has 4 unspecified atom stereocenters. The van der Waals surface area contributed by atoms with Crippen LogP contribution in [0.1, 0.15) is 66.2 Å². The van der Waals surface area contributed by atoms with Crippen LogP contribution in [0.3, 0.4) is 0 Å². The molecular formula is C29H42O7. The van der Waals surface area contributed by atoms with Crippen molar-refractivity contribution >= 4 is 0 Å². The zero-order chi connectivity index (χ0) is 25.4. The van der Waals surface area contributed by atoms with Crippen molar-refractivity contribution in [1.29, 1.82) is 0 Å². The lowest BCUT2D eigenvalue weighted by Crippen LogP contribution is -2.55. The SMILES string of the molecule is CC1CO[C@@]2(C)O[C@@H]3[C@H]([C@H]4[C@H](O)CC5C6=CCC7C[C@@H](O)CC[C@]7(C)C6=CC[C@@]54C)[C@H](O)O[C@@H]3C12O. The van der Waals surface area contributed by atoms with Crippen LogP contribution in [-0.4, -0.2) is 69.1 Å². The number of hydrogen-bond donors (Lipinski definition) is 4. The van der Waals surface area contributed by atoms with Gasteiger partial charge < -0.3 is 34.6 Å². The minimum atomic E-state index is -1.34. The third kappa shape index (κ3) is 2.73. The molecule has 0 bridgehead atoms. The van der Waals surface area contributed by atoms with Crippen molar-refractivity contribution in [3.63, 3.8) is 0 Å². The monoisotopic (exact) mass is 502 g/mol. The maximum Gasteiger partial charge on any atom is 0.197 e. The molecule has 5 fully saturated rings. The molecule has 4 aliphatic carbocycles. The second-order valence-corrected chi connectivity index (χ2v) is 13.7. The molecule has 36 heavy (non-hydrogen) atoms. The summed E-state index contributed by atoms with van der Waals surface area (Å²) in [5, 5.41) is 44.8. The summed E-state index contributed by atoms with van der Waals surface area (Å²) >= 11 is 0. The molecule has 0 spiro atoms. The first-order chi connectivity index (χ1) is 16.9. The fourth-order valence-corrected chi connectivity index (χ4v) is 10.0. The highest BCUT2D eigenvalue weighted by Crippen LogP contribution is 2.67. The van der Waals surface area contributed by atoms with E-state index in [-0.39, 0.29) is 34.7 Å². The molecule has 7 aliphatic rings. The number of ether oxygens (including phenoxy) is 3. The summed E-state index contributed by atoms with van der Waals surface area (Å²) in [6.07, 6.45) is 6.81. The first-order valence-corrected chi connectivity index (χ1v) is 14.1. The average Bonchev–Trinajstić information content (AvgIpc) is 3.43. The summed E-state index contributed by atoms with van der Waals surface area (Å²) in [6.45, 7) is 8.73. The lowest BCUT2D eigenvalue weighted by molar-refractivity contribution is -0.271. The van der Waals surface area contributed by atoms with E-state index in [0.717, 1.165) is 32.1 Å². The van der Waals surface area contributed by atoms with Crippen LogP contribution in [-0.2, 0) is 14.2 Å². The lowest BCUT2D eigenvalue weighted by atomic mass is 9.51. The number of allylic oxidation sites excluding steroid dienone is 4. The number of hydrogen-bond acceptors (Lipinski definition) is 7. The Morgan fingerprint density at radius 2 is 1.83 bits per heavy atom. The normalized spacial score (nSPS) is 61.6. The molecule has 3 aliphatic heterocycles. The first-order valence-electron chi connectivity index (χ1n) is 14.1. The van der Waals surface area contributed by atoms with Gasteiger partial charge in [-0.2, -0.15) is 0 Å². The Balaban J connectivity index is 1.24. The van der Waals surface area contributed by atoms with Gasteiger partial charge in [-0.05, 0) is 79.3 Å². The number of aliphatic hydroxyl groups excluding tert-OH is 3. The van der Waals surface area contributed by atoms with Gasteiger partial charge in [0.2, 0.25) is 0 Å². The van der Waals surface area contributed by atoms with Crippen molar-refractivity contribution in [3.05, 3.63) is 23.3 Å². The van der Waals surface area contributed by atoms with E-state index in [1.165, 1.54) is 11.1 Å². The summed E-state index contributed by atoms with van der Waals surface area (Å²) in [4.78, 5) is 0. The fourth-order valence-electron chi connectivity index (χ4n) is 10.0. The number of rotatable bonds is 1. The van der Waals surface area contributed by atoms with E-state index < -0.39 is 41.9 Å². The molecule has 3 saturated heterocycles. The van der Waals surface area contributed by atoms with Gasteiger partial charge in [0, 0.05) is 17.8 Å². The molecule has 2 saturated carbocycles. The first kappa shape index (κ1) is 24.3. The van der Waals surface area contributed by atoms with Crippen molar-refractivity contribution in [1.82, 2.24) is 0 Å². The molecule has 7 rings (SSSR count). The largest absolute Gasteiger partial charge is 0.393 e. The predicted molar refractivity (Wildman–Crippen MR) is 130 cm³/mol. The second kappa shape index (κ2) is 7.44. The van der Waals surface area contributed by atoms with Crippen molar-refractivity contribution < 1.29 is 34.6 Å². The Labute approximate surface area is 213 Å². The maximum atomic E-state index is 11.7. The van der Waals surface area contributed by atoms with Crippen LogP contribution in [0.15, 0.2) is 23.3 Å². The predicted octanol–water partition coefficient (Wildman–Crippen LogP) is 2.66. The quantitative estimate of drug-likeness (QED) is 0.437. The summed E-state index contributed by atoms with van der Waals surface area (Å²) in [7, 11) is 0. The second-order valence-electron chi connectivity index (χ2n) is 13.7. The Bertz CT molecular complexity index is 1030. The Hall–Kier alpha value is -0.800. The van der Waals surface area contributed by atoms with Gasteiger partial charge in [-0.25, -0.2) is 0 Å². The molecular weight excluding hydrogens is 460 g/mol. The Morgan fingerprint density at radius 3 is 2.61 bits per heavy atom. The minimum Gasteiger partial charge on any atom is -0.393 e. The van der Waals surface area contributed by atoms with Crippen LogP contribution in [0.5, 0.6) is 0 Å². The third-order valence-corrected chi connectivity index (χ3v) is 12.2. The summed E-state index contributed by atoms with van der Waals surface area (Å²) in [5.74, 6) is -1.38. The molecule has 0 amide bonds. The summed E-state index contributed by atoms with van der Waals surface area (Å²) < 4.78 is 18.4. The highest BCUT2D eigenvalue weighted by molar-refractivity contribution is 5.47. The molecule has 7 heteroatoms. The standard InChI is InChI=1S/C29H42O7/c1-14-13-34-28(4)29(14,33)24-23(36-28)21(25(32)35-24)22-20(31)12-19-17-6-5-15-11-16(30)7-9-26(15,2)18(17)8-10-27(19,22)3/h6,8,14-16,19-25,30-33H,5,7,9-13H2,1-4H3/t14?,15?,16-,19?,20+,21-,22+,23+,24-,25+,26-,27-,28-,29?/m0/s1. The Morgan fingerprint density at radius 1 is 1.06 bits per heavy atom. The van der Waals surface area contributed by atoms with Gasteiger partial charge in [0.1, 0.15) is 6.10 Å². The molecule has 4 N–H and O–H groups in total. The average molecular weight is 503 g/mol. The Kier molecular flexibility index (Phi) is 5.01. The number of fused-ring (bicyclic) bond motifs is 8.